The molecule has 16 heavy (non-hydrogen) atoms. The van der Waals surface area contributed by atoms with Crippen LogP contribution in [0.1, 0.15) is 24.2 Å². The zero-order valence-electron chi connectivity index (χ0n) is 9.59. The largest absolute Gasteiger partial charge is 0.337 e. The maximum atomic E-state index is 4.11. The van der Waals surface area contributed by atoms with Gasteiger partial charge in [0.25, 0.3) is 0 Å². The second-order valence-corrected chi connectivity index (χ2v) is 3.88. The molecule has 4 nitrogen and oxygen atoms in total. The van der Waals surface area contributed by atoms with E-state index in [0.29, 0.717) is 6.04 Å². The maximum Gasteiger partial charge on any atom is 0.0945 e. The molecule has 1 atom stereocenters. The molecule has 0 amide bonds. The predicted molar refractivity (Wildman–Crippen MR) is 62.7 cm³/mol. The second-order valence-electron chi connectivity index (χ2n) is 3.88. The molecule has 84 valence electrons. The highest BCUT2D eigenvalue weighted by atomic mass is 15.0. The van der Waals surface area contributed by atoms with Crippen molar-refractivity contribution >= 4 is 0 Å². The van der Waals surface area contributed by atoms with Crippen molar-refractivity contribution in [3.8, 4) is 0 Å². The predicted octanol–water partition coefficient (Wildman–Crippen LogP) is 1.67. The van der Waals surface area contributed by atoms with Crippen molar-refractivity contribution in [2.24, 2.45) is 7.05 Å². The summed E-state index contributed by atoms with van der Waals surface area (Å²) in [5.74, 6) is 0. The van der Waals surface area contributed by atoms with Gasteiger partial charge in [-0.1, -0.05) is 6.07 Å². The van der Waals surface area contributed by atoms with Gasteiger partial charge in [0.05, 0.1) is 12.0 Å². The lowest BCUT2D eigenvalue weighted by atomic mass is 10.1. The third-order valence-corrected chi connectivity index (χ3v) is 2.69. The number of nitrogens with one attached hydrogen (secondary N) is 1. The van der Waals surface area contributed by atoms with Gasteiger partial charge in [-0.05, 0) is 18.6 Å². The first-order chi connectivity index (χ1) is 7.77. The van der Waals surface area contributed by atoms with E-state index in [1.54, 1.807) is 6.20 Å². The second kappa shape index (κ2) is 4.90. The number of nitrogens with zero attached hydrogens (tertiary/aromatic N) is 3. The molecule has 0 aliphatic rings. The smallest absolute Gasteiger partial charge is 0.0945 e. The molecule has 0 spiro atoms. The van der Waals surface area contributed by atoms with Crippen LogP contribution in [-0.2, 0) is 13.6 Å². The van der Waals surface area contributed by atoms with Crippen LogP contribution < -0.4 is 5.32 Å². The lowest BCUT2D eigenvalue weighted by molar-refractivity contribution is 0.556. The summed E-state index contributed by atoms with van der Waals surface area (Å²) in [6.07, 6.45) is 7.37. The van der Waals surface area contributed by atoms with Crippen LogP contribution in [0.5, 0.6) is 0 Å². The summed E-state index contributed by atoms with van der Waals surface area (Å²) in [6, 6.07) is 4.33. The van der Waals surface area contributed by atoms with Crippen LogP contribution in [-0.4, -0.2) is 14.5 Å². The Kier molecular flexibility index (Phi) is 3.31. The molecular weight excluding hydrogens is 200 g/mol. The fraction of sp³-hybridized carbons (Fsp3) is 0.333. The van der Waals surface area contributed by atoms with Crippen LogP contribution in [0.15, 0.2) is 37.1 Å². The van der Waals surface area contributed by atoms with Gasteiger partial charge in [-0.2, -0.15) is 0 Å². The van der Waals surface area contributed by atoms with Gasteiger partial charge < -0.3 is 9.88 Å². The number of hydrogen-bond acceptors (Lipinski definition) is 3. The van der Waals surface area contributed by atoms with Crippen molar-refractivity contribution in [1.29, 1.82) is 0 Å². The Bertz CT molecular complexity index is 435. The molecule has 0 saturated heterocycles. The summed E-state index contributed by atoms with van der Waals surface area (Å²) in [4.78, 5) is 8.19. The SMILES string of the molecule is C[C@H](NCc1cncn1C)c1cccnc1. The number of aryl methyl sites for hydroxylation is 1. The average molecular weight is 216 g/mol. The average Bonchev–Trinajstić information content (AvgIpc) is 2.73. The lowest BCUT2D eigenvalue weighted by Gasteiger charge is -2.13. The van der Waals surface area contributed by atoms with E-state index >= 15 is 0 Å². The summed E-state index contributed by atoms with van der Waals surface area (Å²) < 4.78 is 2.02. The van der Waals surface area contributed by atoms with Crippen molar-refractivity contribution in [2.45, 2.75) is 19.5 Å². The minimum atomic E-state index is 0.295. The lowest BCUT2D eigenvalue weighted by Crippen LogP contribution is -2.19. The Morgan fingerprint density at radius 3 is 2.88 bits per heavy atom. The van der Waals surface area contributed by atoms with Crippen molar-refractivity contribution in [2.75, 3.05) is 0 Å². The number of rotatable bonds is 4. The van der Waals surface area contributed by atoms with Gasteiger partial charge in [0.15, 0.2) is 0 Å². The first kappa shape index (κ1) is 10.8. The Balaban J connectivity index is 1.94. The van der Waals surface area contributed by atoms with Gasteiger partial charge in [0, 0.05) is 38.2 Å². The summed E-state index contributed by atoms with van der Waals surface area (Å²) in [5, 5.41) is 3.44. The molecule has 0 aromatic carbocycles. The topological polar surface area (TPSA) is 42.7 Å². The van der Waals surface area contributed by atoms with E-state index in [9.17, 15) is 0 Å². The van der Waals surface area contributed by atoms with Gasteiger partial charge in [-0.3, -0.25) is 4.98 Å². The fourth-order valence-corrected chi connectivity index (χ4v) is 1.56. The van der Waals surface area contributed by atoms with E-state index in [-0.39, 0.29) is 0 Å². The summed E-state index contributed by atoms with van der Waals surface area (Å²) in [6.45, 7) is 2.94. The van der Waals surface area contributed by atoms with Crippen LogP contribution in [0.25, 0.3) is 0 Å². The van der Waals surface area contributed by atoms with Crippen LogP contribution in [0.4, 0.5) is 0 Å². The van der Waals surface area contributed by atoms with Gasteiger partial charge >= 0.3 is 0 Å². The van der Waals surface area contributed by atoms with Gasteiger partial charge in [0.1, 0.15) is 0 Å². The molecule has 0 saturated carbocycles. The third-order valence-electron chi connectivity index (χ3n) is 2.69. The molecular formula is C12H16N4. The molecule has 0 radical (unpaired) electrons. The molecule has 0 aliphatic heterocycles. The molecule has 4 heteroatoms. The van der Waals surface area contributed by atoms with E-state index in [4.69, 9.17) is 0 Å². The molecule has 0 fully saturated rings. The van der Waals surface area contributed by atoms with Crippen LogP contribution >= 0.6 is 0 Å². The van der Waals surface area contributed by atoms with Gasteiger partial charge in [0.2, 0.25) is 0 Å². The van der Waals surface area contributed by atoms with Gasteiger partial charge in [-0.15, -0.1) is 0 Å². The van der Waals surface area contributed by atoms with Gasteiger partial charge in [-0.25, -0.2) is 4.98 Å². The summed E-state index contributed by atoms with van der Waals surface area (Å²) in [7, 11) is 2.00. The van der Waals surface area contributed by atoms with E-state index in [1.807, 2.05) is 36.4 Å². The highest BCUT2D eigenvalue weighted by Gasteiger charge is 2.05. The molecule has 2 aromatic rings. The Hall–Kier alpha value is -1.68. The quantitative estimate of drug-likeness (QED) is 0.845. The van der Waals surface area contributed by atoms with Crippen molar-refractivity contribution in [3.05, 3.63) is 48.3 Å². The highest BCUT2D eigenvalue weighted by molar-refractivity contribution is 5.13. The molecule has 2 aromatic heterocycles. The Labute approximate surface area is 95.4 Å². The number of imidazole rings is 1. The van der Waals surface area contributed by atoms with E-state index < -0.39 is 0 Å². The van der Waals surface area contributed by atoms with Crippen molar-refractivity contribution < 1.29 is 0 Å². The Morgan fingerprint density at radius 1 is 1.38 bits per heavy atom. The molecule has 2 heterocycles. The molecule has 2 rings (SSSR count). The summed E-state index contributed by atoms with van der Waals surface area (Å²) in [5.41, 5.74) is 2.38. The van der Waals surface area contributed by atoms with Crippen LogP contribution in [0, 0.1) is 0 Å². The summed E-state index contributed by atoms with van der Waals surface area (Å²) >= 11 is 0. The first-order valence-corrected chi connectivity index (χ1v) is 5.36. The fourth-order valence-electron chi connectivity index (χ4n) is 1.56. The minimum absolute atomic E-state index is 0.295. The van der Waals surface area contributed by atoms with Crippen LogP contribution in [0.2, 0.25) is 0 Å². The standard InChI is InChI=1S/C12H16N4/c1-10(11-4-3-5-13-6-11)15-8-12-7-14-9-16(12)2/h3-7,9-10,15H,8H2,1-2H3/t10-/m0/s1. The van der Waals surface area contributed by atoms with E-state index in [1.165, 1.54) is 11.3 Å². The molecule has 0 unspecified atom stereocenters. The zero-order valence-corrected chi connectivity index (χ0v) is 9.59. The van der Waals surface area contributed by atoms with Crippen molar-refractivity contribution in [1.82, 2.24) is 19.9 Å². The normalized spacial score (nSPS) is 12.6. The van der Waals surface area contributed by atoms with Crippen LogP contribution in [0.3, 0.4) is 0 Å². The van der Waals surface area contributed by atoms with E-state index in [2.05, 4.69) is 28.3 Å². The number of aromatic nitrogens is 3. The van der Waals surface area contributed by atoms with Crippen molar-refractivity contribution in [3.63, 3.8) is 0 Å². The number of pyridine rings is 1. The Morgan fingerprint density at radius 2 is 2.25 bits per heavy atom. The zero-order chi connectivity index (χ0) is 11.4. The monoisotopic (exact) mass is 216 g/mol. The highest BCUT2D eigenvalue weighted by Crippen LogP contribution is 2.10. The first-order valence-electron chi connectivity index (χ1n) is 5.36. The van der Waals surface area contributed by atoms with E-state index in [0.717, 1.165) is 6.54 Å². The molecule has 1 N–H and O–H groups in total. The number of hydrogen-bond donors (Lipinski definition) is 1. The molecule has 0 aliphatic carbocycles. The molecule has 0 bridgehead atoms. The third kappa shape index (κ3) is 2.46. The minimum Gasteiger partial charge on any atom is -0.337 e. The maximum absolute atomic E-state index is 4.11.